The van der Waals surface area contributed by atoms with Crippen LogP contribution in [0, 0.1) is 0 Å². The molecule has 0 aliphatic carbocycles. The molecule has 0 saturated carbocycles. The Morgan fingerprint density at radius 1 is 1.05 bits per heavy atom. The predicted octanol–water partition coefficient (Wildman–Crippen LogP) is 1.67. The SMILES string of the molecule is COC1CCN(CCN2CCCC(n3nc(C(=O)N4CCOCC4)c4c3-c3ccccc3S(=O)(=O)C4)C2)C1. The van der Waals surface area contributed by atoms with Gasteiger partial charge in [-0.25, -0.2) is 8.42 Å². The number of ether oxygens (including phenoxy) is 2. The average molecular weight is 544 g/mol. The molecular weight excluding hydrogens is 506 g/mol. The van der Waals surface area contributed by atoms with Gasteiger partial charge in [-0.1, -0.05) is 18.2 Å². The van der Waals surface area contributed by atoms with E-state index in [1.165, 1.54) is 0 Å². The molecule has 0 N–H and O–H groups in total. The van der Waals surface area contributed by atoms with Gasteiger partial charge in [-0.05, 0) is 31.9 Å². The summed E-state index contributed by atoms with van der Waals surface area (Å²) in [7, 11) is -1.78. The van der Waals surface area contributed by atoms with Crippen molar-refractivity contribution in [3.63, 3.8) is 0 Å². The van der Waals surface area contributed by atoms with Crippen LogP contribution < -0.4 is 0 Å². The minimum Gasteiger partial charge on any atom is -0.380 e. The molecule has 0 radical (unpaired) electrons. The van der Waals surface area contributed by atoms with Crippen molar-refractivity contribution in [3.8, 4) is 11.3 Å². The number of amides is 1. The first kappa shape index (κ1) is 25.9. The molecule has 38 heavy (non-hydrogen) atoms. The molecule has 2 aromatic rings. The molecule has 6 rings (SSSR count). The summed E-state index contributed by atoms with van der Waals surface area (Å²) < 4.78 is 39.5. The number of piperidine rings is 1. The third-order valence-corrected chi connectivity index (χ3v) is 10.1. The van der Waals surface area contributed by atoms with Gasteiger partial charge in [0.2, 0.25) is 0 Å². The maximum absolute atomic E-state index is 13.6. The largest absolute Gasteiger partial charge is 0.380 e. The molecule has 3 saturated heterocycles. The fraction of sp³-hybridized carbons (Fsp3) is 0.630. The summed E-state index contributed by atoms with van der Waals surface area (Å²) >= 11 is 0. The van der Waals surface area contributed by atoms with Crippen LogP contribution >= 0.6 is 0 Å². The number of benzene rings is 1. The number of fused-ring (bicyclic) bond motifs is 3. The van der Waals surface area contributed by atoms with Crippen LogP contribution in [0.1, 0.15) is 41.4 Å². The van der Waals surface area contributed by atoms with Crippen molar-refractivity contribution in [1.82, 2.24) is 24.5 Å². The number of hydrogen-bond donors (Lipinski definition) is 0. The number of likely N-dealkylation sites (tertiary alicyclic amines) is 2. The highest BCUT2D eigenvalue weighted by atomic mass is 32.2. The van der Waals surface area contributed by atoms with E-state index in [0.29, 0.717) is 48.4 Å². The zero-order valence-corrected chi connectivity index (χ0v) is 22.9. The monoisotopic (exact) mass is 543 g/mol. The number of aromatic nitrogens is 2. The lowest BCUT2D eigenvalue weighted by atomic mass is 10.0. The highest BCUT2D eigenvalue weighted by Gasteiger charge is 2.39. The molecule has 11 heteroatoms. The molecule has 10 nitrogen and oxygen atoms in total. The molecular formula is C27H37N5O5S. The van der Waals surface area contributed by atoms with Gasteiger partial charge in [0.25, 0.3) is 5.91 Å². The number of nitrogens with zero attached hydrogens (tertiary/aromatic N) is 5. The Balaban J connectivity index is 1.31. The minimum absolute atomic E-state index is 0.0721. The van der Waals surface area contributed by atoms with E-state index >= 15 is 0 Å². The maximum Gasteiger partial charge on any atom is 0.274 e. The summed E-state index contributed by atoms with van der Waals surface area (Å²) in [4.78, 5) is 20.6. The summed E-state index contributed by atoms with van der Waals surface area (Å²) in [6, 6.07) is 7.22. The second kappa shape index (κ2) is 10.7. The summed E-state index contributed by atoms with van der Waals surface area (Å²) in [5, 5.41) is 4.91. The second-order valence-corrected chi connectivity index (χ2v) is 12.8. The highest BCUT2D eigenvalue weighted by molar-refractivity contribution is 7.90. The number of morpholine rings is 1. The van der Waals surface area contributed by atoms with Gasteiger partial charge in [0.15, 0.2) is 15.5 Å². The molecule has 0 bridgehead atoms. The van der Waals surface area contributed by atoms with Crippen molar-refractivity contribution in [2.75, 3.05) is 72.7 Å². The van der Waals surface area contributed by atoms with Crippen molar-refractivity contribution in [3.05, 3.63) is 35.5 Å². The third-order valence-electron chi connectivity index (χ3n) is 8.44. The van der Waals surface area contributed by atoms with E-state index in [1.54, 1.807) is 24.1 Å². The molecule has 2 atom stereocenters. The Kier molecular flexibility index (Phi) is 7.30. The summed E-state index contributed by atoms with van der Waals surface area (Å²) in [5.41, 5.74) is 2.27. The van der Waals surface area contributed by atoms with E-state index in [4.69, 9.17) is 14.6 Å². The van der Waals surface area contributed by atoms with E-state index in [0.717, 1.165) is 64.2 Å². The molecule has 2 unspecified atom stereocenters. The lowest BCUT2D eigenvalue weighted by Gasteiger charge is -2.35. The van der Waals surface area contributed by atoms with Crippen molar-refractivity contribution in [2.24, 2.45) is 0 Å². The van der Waals surface area contributed by atoms with Gasteiger partial charge in [-0.3, -0.25) is 19.3 Å². The van der Waals surface area contributed by atoms with Crippen LogP contribution in [0.3, 0.4) is 0 Å². The Hall–Kier alpha value is -2.31. The molecule has 206 valence electrons. The fourth-order valence-corrected chi connectivity index (χ4v) is 7.95. The van der Waals surface area contributed by atoms with Crippen LogP contribution in [0.2, 0.25) is 0 Å². The molecule has 1 amide bonds. The Bertz CT molecular complexity index is 1290. The van der Waals surface area contributed by atoms with Crippen molar-refractivity contribution >= 4 is 15.7 Å². The standard InChI is InChI=1S/C27H37N5O5S/c1-36-21-8-10-30(18-21)12-11-29-9-4-5-20(17-29)32-26-22-6-2-3-7-24(22)38(34,35)19-23(26)25(28-32)27(33)31-13-15-37-16-14-31/h2-3,6-7,20-21H,4-5,8-19H2,1H3. The van der Waals surface area contributed by atoms with E-state index in [-0.39, 0.29) is 23.4 Å². The fourth-order valence-electron chi connectivity index (χ4n) is 6.35. The topological polar surface area (TPSA) is 97.2 Å². The van der Waals surface area contributed by atoms with Gasteiger partial charge in [-0.2, -0.15) is 5.10 Å². The lowest BCUT2D eigenvalue weighted by Crippen LogP contribution is -2.42. The average Bonchev–Trinajstić information content (AvgIpc) is 3.57. The van der Waals surface area contributed by atoms with Crippen LogP contribution in [-0.2, 0) is 25.1 Å². The smallest absolute Gasteiger partial charge is 0.274 e. The molecule has 5 heterocycles. The van der Waals surface area contributed by atoms with Gasteiger partial charge in [0.1, 0.15) is 0 Å². The lowest BCUT2D eigenvalue weighted by molar-refractivity contribution is 0.0297. The van der Waals surface area contributed by atoms with E-state index in [2.05, 4.69) is 9.80 Å². The van der Waals surface area contributed by atoms with E-state index < -0.39 is 9.84 Å². The van der Waals surface area contributed by atoms with Crippen LogP contribution in [0.4, 0.5) is 0 Å². The number of sulfone groups is 1. The molecule has 1 aromatic heterocycles. The number of carbonyl (C=O) groups is 1. The summed E-state index contributed by atoms with van der Waals surface area (Å²) in [6.45, 7) is 7.83. The molecule has 0 spiro atoms. The van der Waals surface area contributed by atoms with Crippen molar-refractivity contribution < 1.29 is 22.7 Å². The number of methoxy groups -OCH3 is 1. The van der Waals surface area contributed by atoms with Gasteiger partial charge >= 0.3 is 0 Å². The Morgan fingerprint density at radius 3 is 2.58 bits per heavy atom. The van der Waals surface area contributed by atoms with E-state index in [9.17, 15) is 13.2 Å². The number of carbonyl (C=O) groups excluding carboxylic acids is 1. The second-order valence-electron chi connectivity index (χ2n) is 10.8. The van der Waals surface area contributed by atoms with Gasteiger partial charge in [0.05, 0.1) is 41.7 Å². The molecule has 1 aromatic carbocycles. The van der Waals surface area contributed by atoms with Crippen LogP contribution in [0.25, 0.3) is 11.3 Å². The minimum atomic E-state index is -3.57. The zero-order valence-electron chi connectivity index (χ0n) is 22.0. The highest BCUT2D eigenvalue weighted by Crippen LogP contribution is 2.41. The van der Waals surface area contributed by atoms with Crippen molar-refractivity contribution in [1.29, 1.82) is 0 Å². The Labute approximate surface area is 224 Å². The maximum atomic E-state index is 13.6. The number of hydrogen-bond acceptors (Lipinski definition) is 8. The molecule has 3 fully saturated rings. The van der Waals surface area contributed by atoms with Gasteiger partial charge in [-0.15, -0.1) is 0 Å². The van der Waals surface area contributed by atoms with Gasteiger partial charge in [0, 0.05) is 64.0 Å². The zero-order chi connectivity index (χ0) is 26.3. The van der Waals surface area contributed by atoms with Crippen LogP contribution in [0.15, 0.2) is 29.2 Å². The Morgan fingerprint density at radius 2 is 1.82 bits per heavy atom. The first-order chi connectivity index (χ1) is 18.4. The van der Waals surface area contributed by atoms with Crippen molar-refractivity contribution in [2.45, 2.75) is 42.1 Å². The first-order valence-corrected chi connectivity index (χ1v) is 15.4. The van der Waals surface area contributed by atoms with Crippen LogP contribution in [-0.4, -0.2) is 118 Å². The normalized spacial score (nSPS) is 25.8. The number of rotatable bonds is 6. The summed E-state index contributed by atoms with van der Waals surface area (Å²) in [5.74, 6) is -0.399. The quantitative estimate of drug-likeness (QED) is 0.543. The first-order valence-electron chi connectivity index (χ1n) is 13.7. The predicted molar refractivity (Wildman–Crippen MR) is 142 cm³/mol. The van der Waals surface area contributed by atoms with Crippen LogP contribution in [0.5, 0.6) is 0 Å². The molecule has 4 aliphatic rings. The summed E-state index contributed by atoms with van der Waals surface area (Å²) in [6.07, 6.45) is 3.40. The molecule has 4 aliphatic heterocycles. The van der Waals surface area contributed by atoms with E-state index in [1.807, 2.05) is 16.8 Å². The van der Waals surface area contributed by atoms with Gasteiger partial charge < -0.3 is 14.4 Å². The third kappa shape index (κ3) is 4.90.